The number of nitrogens with zero attached hydrogens (tertiary/aromatic N) is 2. The lowest BCUT2D eigenvalue weighted by atomic mass is 9.80. The van der Waals surface area contributed by atoms with Crippen LogP contribution in [-0.2, 0) is 35.1 Å². The molecule has 3 aromatic rings. The summed E-state index contributed by atoms with van der Waals surface area (Å²) in [4.78, 5) is 42.3. The van der Waals surface area contributed by atoms with Crippen LogP contribution in [0.1, 0.15) is 36.5 Å². The number of imidazole rings is 1. The highest BCUT2D eigenvalue weighted by Crippen LogP contribution is 2.43. The normalized spacial score (nSPS) is 15.0. The summed E-state index contributed by atoms with van der Waals surface area (Å²) in [5.41, 5.74) is 3.71. The summed E-state index contributed by atoms with van der Waals surface area (Å²) in [6.45, 7) is 3.72. The van der Waals surface area contributed by atoms with Crippen LogP contribution >= 0.6 is 23.2 Å². The molecule has 42 heavy (non-hydrogen) atoms. The van der Waals surface area contributed by atoms with Crippen molar-refractivity contribution in [2.24, 2.45) is 0 Å². The molecule has 0 fully saturated rings. The number of methoxy groups -OCH3 is 1. The number of allylic oxidation sites excluding steroid dienone is 2. The molecular weight excluding hydrogens is 581 g/mol. The number of nitrogens with one attached hydrogen (secondary N) is 1. The number of dihydropyridines is 1. The van der Waals surface area contributed by atoms with E-state index >= 15 is 0 Å². The van der Waals surface area contributed by atoms with Crippen LogP contribution in [0.2, 0.25) is 10.0 Å². The third-order valence-corrected chi connectivity index (χ3v) is 7.39. The van der Waals surface area contributed by atoms with E-state index in [9.17, 15) is 14.4 Å². The molecule has 1 aromatic heterocycles. The SMILES string of the molecule is COC(=O)C1=C(C)NC(C)=C(C(=O)OCCOC(=O)/C=C/c2ccc(Cn3ccnc3)cc2)C1c1cccc(Cl)c1Cl. The average Bonchev–Trinajstić information content (AvgIpc) is 3.48. The van der Waals surface area contributed by atoms with Gasteiger partial charge in [-0.25, -0.2) is 19.4 Å². The second-order valence-corrected chi connectivity index (χ2v) is 10.2. The number of benzene rings is 2. The fraction of sp³-hybridized carbons (Fsp3) is 0.226. The summed E-state index contributed by atoms with van der Waals surface area (Å²) in [5.74, 6) is -2.82. The first-order chi connectivity index (χ1) is 20.2. The Bertz CT molecular complexity index is 1560. The number of esters is 3. The largest absolute Gasteiger partial charge is 0.466 e. The fourth-order valence-corrected chi connectivity index (χ4v) is 5.01. The van der Waals surface area contributed by atoms with E-state index in [1.54, 1.807) is 50.6 Å². The molecule has 0 saturated heterocycles. The summed E-state index contributed by atoms with van der Waals surface area (Å²) in [6, 6.07) is 12.7. The molecule has 0 bridgehead atoms. The highest BCUT2D eigenvalue weighted by Gasteiger charge is 2.39. The topological polar surface area (TPSA) is 109 Å². The van der Waals surface area contributed by atoms with Gasteiger partial charge in [0.05, 0.1) is 40.5 Å². The van der Waals surface area contributed by atoms with Crippen molar-refractivity contribution in [3.05, 3.63) is 117 Å². The van der Waals surface area contributed by atoms with E-state index in [0.717, 1.165) is 11.1 Å². The maximum absolute atomic E-state index is 13.3. The van der Waals surface area contributed by atoms with Crippen molar-refractivity contribution in [1.29, 1.82) is 0 Å². The monoisotopic (exact) mass is 609 g/mol. The summed E-state index contributed by atoms with van der Waals surface area (Å²) in [7, 11) is 1.25. The first kappa shape index (κ1) is 30.6. The molecule has 0 aliphatic carbocycles. The number of ether oxygens (including phenoxy) is 3. The number of carbonyl (C=O) groups excluding carboxylic acids is 3. The first-order valence-electron chi connectivity index (χ1n) is 13.0. The van der Waals surface area contributed by atoms with Crippen LogP contribution in [0, 0.1) is 0 Å². The molecule has 2 aromatic carbocycles. The van der Waals surface area contributed by atoms with Gasteiger partial charge in [-0.2, -0.15) is 0 Å². The van der Waals surface area contributed by atoms with Gasteiger partial charge in [-0.1, -0.05) is 59.6 Å². The Morgan fingerprint density at radius 1 is 0.976 bits per heavy atom. The number of rotatable bonds is 10. The number of carbonyl (C=O) groups is 3. The Morgan fingerprint density at radius 3 is 2.33 bits per heavy atom. The minimum atomic E-state index is -0.894. The number of hydrogen-bond donors (Lipinski definition) is 1. The Labute approximate surface area is 253 Å². The second kappa shape index (κ2) is 14.0. The predicted molar refractivity (Wildman–Crippen MR) is 158 cm³/mol. The van der Waals surface area contributed by atoms with Gasteiger partial charge < -0.3 is 24.1 Å². The molecule has 2 heterocycles. The zero-order valence-electron chi connectivity index (χ0n) is 23.2. The van der Waals surface area contributed by atoms with Crippen molar-refractivity contribution in [3.8, 4) is 0 Å². The maximum atomic E-state index is 13.3. The lowest BCUT2D eigenvalue weighted by Gasteiger charge is -2.30. The van der Waals surface area contributed by atoms with E-state index in [-0.39, 0.29) is 34.4 Å². The van der Waals surface area contributed by atoms with Crippen LogP contribution in [0.3, 0.4) is 0 Å². The molecule has 1 aliphatic heterocycles. The van der Waals surface area contributed by atoms with Gasteiger partial charge >= 0.3 is 17.9 Å². The number of aromatic nitrogens is 2. The van der Waals surface area contributed by atoms with Gasteiger partial charge in [-0.05, 0) is 42.7 Å². The molecule has 9 nitrogen and oxygen atoms in total. The van der Waals surface area contributed by atoms with Crippen LogP contribution in [0.25, 0.3) is 6.08 Å². The van der Waals surface area contributed by atoms with Gasteiger partial charge in [0, 0.05) is 36.4 Å². The summed E-state index contributed by atoms with van der Waals surface area (Å²) in [6.07, 6.45) is 8.30. The van der Waals surface area contributed by atoms with Gasteiger partial charge in [-0.15, -0.1) is 0 Å². The van der Waals surface area contributed by atoms with Gasteiger partial charge in [-0.3, -0.25) is 0 Å². The Balaban J connectivity index is 1.37. The Kier molecular flexibility index (Phi) is 10.2. The molecule has 4 rings (SSSR count). The van der Waals surface area contributed by atoms with Gasteiger partial charge in [0.1, 0.15) is 13.2 Å². The van der Waals surface area contributed by atoms with Crippen molar-refractivity contribution in [2.45, 2.75) is 26.3 Å². The molecule has 0 spiro atoms. The quantitative estimate of drug-likeness (QED) is 0.140. The first-order valence-corrected chi connectivity index (χ1v) is 13.7. The van der Waals surface area contributed by atoms with E-state index in [0.29, 0.717) is 23.5 Å². The van der Waals surface area contributed by atoms with Crippen LogP contribution < -0.4 is 5.32 Å². The molecular formula is C31H29Cl2N3O6. The minimum Gasteiger partial charge on any atom is -0.466 e. The van der Waals surface area contributed by atoms with Crippen LogP contribution in [-0.4, -0.2) is 47.8 Å². The highest BCUT2D eigenvalue weighted by atomic mass is 35.5. The smallest absolute Gasteiger partial charge is 0.336 e. The van der Waals surface area contributed by atoms with E-state index in [4.69, 9.17) is 37.4 Å². The number of hydrogen-bond acceptors (Lipinski definition) is 8. The fourth-order valence-electron chi connectivity index (χ4n) is 4.59. The third-order valence-electron chi connectivity index (χ3n) is 6.55. The van der Waals surface area contributed by atoms with Gasteiger partial charge in [0.2, 0.25) is 0 Å². The molecule has 11 heteroatoms. The molecule has 1 N–H and O–H groups in total. The minimum absolute atomic E-state index is 0.160. The van der Waals surface area contributed by atoms with E-state index in [1.807, 2.05) is 35.0 Å². The summed E-state index contributed by atoms with van der Waals surface area (Å²) >= 11 is 12.8. The van der Waals surface area contributed by atoms with E-state index in [2.05, 4.69) is 10.3 Å². The Hall–Kier alpha value is -4.34. The maximum Gasteiger partial charge on any atom is 0.336 e. The van der Waals surface area contributed by atoms with Gasteiger partial charge in [0.25, 0.3) is 0 Å². The van der Waals surface area contributed by atoms with Gasteiger partial charge in [0.15, 0.2) is 0 Å². The van der Waals surface area contributed by atoms with Crippen LogP contribution in [0.5, 0.6) is 0 Å². The highest BCUT2D eigenvalue weighted by molar-refractivity contribution is 6.42. The molecule has 0 amide bonds. The molecule has 218 valence electrons. The van der Waals surface area contributed by atoms with Crippen molar-refractivity contribution in [1.82, 2.24) is 14.9 Å². The molecule has 0 saturated carbocycles. The molecule has 1 aliphatic rings. The van der Waals surface area contributed by atoms with E-state index in [1.165, 1.54) is 13.2 Å². The predicted octanol–water partition coefficient (Wildman–Crippen LogP) is 5.45. The Morgan fingerprint density at radius 2 is 1.67 bits per heavy atom. The standard InChI is InChI=1S/C31H29Cl2N3O6/c1-19-26(30(38)40-3)28(23-5-4-6-24(32)29(23)33)27(20(2)35-19)31(39)42-16-15-41-25(37)12-11-21-7-9-22(10-8-21)17-36-14-13-34-18-36/h4-14,18,28,35H,15-17H2,1-3H3/b12-11+. The molecule has 0 radical (unpaired) electrons. The third kappa shape index (κ3) is 7.29. The summed E-state index contributed by atoms with van der Waals surface area (Å²) < 4.78 is 17.6. The average molecular weight is 610 g/mol. The molecule has 1 atom stereocenters. The lowest BCUT2D eigenvalue weighted by Crippen LogP contribution is -2.32. The molecule has 1 unspecified atom stereocenters. The van der Waals surface area contributed by atoms with Crippen molar-refractivity contribution < 1.29 is 28.6 Å². The lowest BCUT2D eigenvalue weighted by molar-refractivity contribution is -0.147. The van der Waals surface area contributed by atoms with Crippen molar-refractivity contribution in [3.63, 3.8) is 0 Å². The zero-order chi connectivity index (χ0) is 30.2. The second-order valence-electron chi connectivity index (χ2n) is 9.38. The van der Waals surface area contributed by atoms with Crippen molar-refractivity contribution >= 4 is 47.2 Å². The van der Waals surface area contributed by atoms with Crippen LogP contribution in [0.15, 0.2) is 89.8 Å². The zero-order valence-corrected chi connectivity index (χ0v) is 24.7. The summed E-state index contributed by atoms with van der Waals surface area (Å²) in [5, 5.41) is 3.52. The van der Waals surface area contributed by atoms with Crippen LogP contribution in [0.4, 0.5) is 0 Å². The van der Waals surface area contributed by atoms with Crippen molar-refractivity contribution in [2.75, 3.05) is 20.3 Å². The van der Waals surface area contributed by atoms with E-state index < -0.39 is 23.8 Å². The number of halogens is 2.